The number of hydrogen-bond acceptors (Lipinski definition) is 5. The molecule has 0 saturated carbocycles. The lowest BCUT2D eigenvalue weighted by Crippen LogP contribution is -2.25. The molecule has 0 aliphatic carbocycles. The van der Waals surface area contributed by atoms with Gasteiger partial charge < -0.3 is 15.0 Å². The molecule has 0 spiro atoms. The Labute approximate surface area is 163 Å². The highest BCUT2D eigenvalue weighted by atomic mass is 35.5. The average Bonchev–Trinajstić information content (AvgIpc) is 3.26. The summed E-state index contributed by atoms with van der Waals surface area (Å²) < 4.78 is 1.96. The number of imidazole rings is 1. The van der Waals surface area contributed by atoms with Crippen molar-refractivity contribution in [1.82, 2.24) is 14.5 Å². The van der Waals surface area contributed by atoms with Gasteiger partial charge >= 0.3 is 0 Å². The van der Waals surface area contributed by atoms with Gasteiger partial charge in [0, 0.05) is 17.3 Å². The van der Waals surface area contributed by atoms with Gasteiger partial charge in [-0.3, -0.25) is 0 Å². The highest BCUT2D eigenvalue weighted by Gasteiger charge is 2.17. The quantitative estimate of drug-likeness (QED) is 0.464. The van der Waals surface area contributed by atoms with E-state index in [-0.39, 0.29) is 0 Å². The maximum atomic E-state index is 10.6. The van der Waals surface area contributed by atoms with Crippen LogP contribution < -0.4 is 5.32 Å². The molecule has 2 aromatic carbocycles. The minimum Gasteiger partial charge on any atom is -0.372 e. The van der Waals surface area contributed by atoms with Crippen LogP contribution in [0.3, 0.4) is 0 Å². The number of nitrogens with one attached hydrogen (secondary N) is 1. The van der Waals surface area contributed by atoms with E-state index in [4.69, 9.17) is 23.2 Å². The third kappa shape index (κ3) is 3.41. The second-order valence-electron chi connectivity index (χ2n) is 5.66. The van der Waals surface area contributed by atoms with E-state index in [2.05, 4.69) is 15.3 Å². The first kappa shape index (κ1) is 17.3. The number of rotatable bonds is 5. The first-order chi connectivity index (χ1) is 12.6. The van der Waals surface area contributed by atoms with E-state index in [9.17, 15) is 5.11 Å². The third-order valence-electron chi connectivity index (χ3n) is 3.89. The average molecular weight is 405 g/mol. The molecule has 2 heterocycles. The summed E-state index contributed by atoms with van der Waals surface area (Å²) in [6, 6.07) is 13.0. The number of para-hydroxylation sites is 2. The SMILES string of the molecule is OC(Cn1c(-c2nccs2)nc2ccccc21)Nc1ccc(Cl)c(Cl)c1. The number of halogens is 2. The van der Waals surface area contributed by atoms with Crippen LogP contribution in [0.25, 0.3) is 21.9 Å². The maximum absolute atomic E-state index is 10.6. The highest BCUT2D eigenvalue weighted by Crippen LogP contribution is 2.28. The monoisotopic (exact) mass is 404 g/mol. The minimum atomic E-state index is -0.844. The molecule has 0 fully saturated rings. The molecule has 0 bridgehead atoms. The Morgan fingerprint density at radius 2 is 2.00 bits per heavy atom. The molecule has 0 aliphatic rings. The molecule has 4 aromatic rings. The molecular weight excluding hydrogens is 391 g/mol. The van der Waals surface area contributed by atoms with Crippen LogP contribution in [-0.4, -0.2) is 25.9 Å². The summed E-state index contributed by atoms with van der Waals surface area (Å²) in [6.45, 7) is 0.301. The molecule has 26 heavy (non-hydrogen) atoms. The molecule has 0 radical (unpaired) electrons. The van der Waals surface area contributed by atoms with Crippen molar-refractivity contribution < 1.29 is 5.11 Å². The van der Waals surface area contributed by atoms with E-state index in [1.807, 2.05) is 34.2 Å². The predicted molar refractivity (Wildman–Crippen MR) is 107 cm³/mol. The van der Waals surface area contributed by atoms with E-state index in [1.165, 1.54) is 11.3 Å². The predicted octanol–water partition coefficient (Wildman–Crippen LogP) is 4.90. The highest BCUT2D eigenvalue weighted by molar-refractivity contribution is 7.13. The van der Waals surface area contributed by atoms with Crippen molar-refractivity contribution in [2.24, 2.45) is 0 Å². The number of anilines is 1. The Morgan fingerprint density at radius 3 is 2.77 bits per heavy atom. The Bertz CT molecular complexity index is 1050. The van der Waals surface area contributed by atoms with Crippen molar-refractivity contribution in [3.05, 3.63) is 64.1 Å². The summed E-state index contributed by atoms with van der Waals surface area (Å²) in [5.41, 5.74) is 2.49. The molecule has 2 aromatic heterocycles. The minimum absolute atomic E-state index is 0.301. The van der Waals surface area contributed by atoms with Gasteiger partial charge in [-0.25, -0.2) is 9.97 Å². The zero-order valence-corrected chi connectivity index (χ0v) is 15.8. The topological polar surface area (TPSA) is 63.0 Å². The summed E-state index contributed by atoms with van der Waals surface area (Å²) in [5, 5.41) is 17.2. The first-order valence-corrected chi connectivity index (χ1v) is 9.50. The molecule has 0 aliphatic heterocycles. The molecule has 2 N–H and O–H groups in total. The Balaban J connectivity index is 1.65. The van der Waals surface area contributed by atoms with Crippen molar-refractivity contribution in [2.45, 2.75) is 12.8 Å². The molecule has 132 valence electrons. The Kier molecular flexibility index (Phi) is 4.82. The largest absolute Gasteiger partial charge is 0.372 e. The first-order valence-electron chi connectivity index (χ1n) is 7.86. The van der Waals surface area contributed by atoms with Crippen molar-refractivity contribution in [3.63, 3.8) is 0 Å². The number of thiazole rings is 1. The molecule has 1 unspecified atom stereocenters. The van der Waals surface area contributed by atoms with Gasteiger partial charge in [-0.15, -0.1) is 11.3 Å². The molecule has 0 amide bonds. The number of hydrogen-bond donors (Lipinski definition) is 2. The van der Waals surface area contributed by atoms with Crippen molar-refractivity contribution in [2.75, 3.05) is 5.32 Å². The summed E-state index contributed by atoms with van der Waals surface area (Å²) in [6.07, 6.45) is 0.900. The summed E-state index contributed by atoms with van der Waals surface area (Å²) in [4.78, 5) is 9.03. The van der Waals surface area contributed by atoms with Crippen molar-refractivity contribution in [1.29, 1.82) is 0 Å². The van der Waals surface area contributed by atoms with Crippen LogP contribution in [0.15, 0.2) is 54.0 Å². The van der Waals surface area contributed by atoms with Gasteiger partial charge in [0.15, 0.2) is 10.8 Å². The number of aliphatic hydroxyl groups excluding tert-OH is 1. The van der Waals surface area contributed by atoms with E-state index in [0.717, 1.165) is 21.9 Å². The van der Waals surface area contributed by atoms with Crippen LogP contribution in [0, 0.1) is 0 Å². The maximum Gasteiger partial charge on any atom is 0.170 e. The van der Waals surface area contributed by atoms with Gasteiger partial charge in [-0.1, -0.05) is 35.3 Å². The molecule has 0 saturated heterocycles. The molecular formula is C18H14Cl2N4OS. The Hall–Kier alpha value is -2.12. The molecule has 5 nitrogen and oxygen atoms in total. The summed E-state index contributed by atoms with van der Waals surface area (Å²) in [7, 11) is 0. The molecule has 1 atom stereocenters. The van der Waals surface area contributed by atoms with Gasteiger partial charge in [0.2, 0.25) is 0 Å². The van der Waals surface area contributed by atoms with E-state index in [0.29, 0.717) is 22.3 Å². The van der Waals surface area contributed by atoms with Gasteiger partial charge in [0.05, 0.1) is 27.6 Å². The van der Waals surface area contributed by atoms with Crippen LogP contribution in [0.4, 0.5) is 5.69 Å². The number of aromatic nitrogens is 3. The number of fused-ring (bicyclic) bond motifs is 1. The molecule has 8 heteroatoms. The van der Waals surface area contributed by atoms with Gasteiger partial charge in [0.25, 0.3) is 0 Å². The van der Waals surface area contributed by atoms with Crippen LogP contribution >= 0.6 is 34.5 Å². The smallest absolute Gasteiger partial charge is 0.170 e. The lowest BCUT2D eigenvalue weighted by molar-refractivity contribution is 0.184. The third-order valence-corrected chi connectivity index (χ3v) is 5.39. The lowest BCUT2D eigenvalue weighted by Gasteiger charge is -2.17. The van der Waals surface area contributed by atoms with E-state index in [1.54, 1.807) is 24.4 Å². The van der Waals surface area contributed by atoms with Crippen molar-refractivity contribution in [3.8, 4) is 10.8 Å². The zero-order chi connectivity index (χ0) is 18.1. The fourth-order valence-electron chi connectivity index (χ4n) is 2.75. The summed E-state index contributed by atoms with van der Waals surface area (Å²) in [5.74, 6) is 0.733. The fraction of sp³-hybridized carbons (Fsp3) is 0.111. The van der Waals surface area contributed by atoms with Crippen LogP contribution in [0.5, 0.6) is 0 Å². The fourth-order valence-corrected chi connectivity index (χ4v) is 3.69. The van der Waals surface area contributed by atoms with E-state index < -0.39 is 6.23 Å². The van der Waals surface area contributed by atoms with Gasteiger partial charge in [0.1, 0.15) is 6.23 Å². The second kappa shape index (κ2) is 7.25. The van der Waals surface area contributed by atoms with Crippen LogP contribution in [0.1, 0.15) is 0 Å². The van der Waals surface area contributed by atoms with Crippen LogP contribution in [0.2, 0.25) is 10.0 Å². The van der Waals surface area contributed by atoms with Crippen molar-refractivity contribution >= 4 is 51.3 Å². The lowest BCUT2D eigenvalue weighted by atomic mass is 10.3. The van der Waals surface area contributed by atoms with Crippen LogP contribution in [-0.2, 0) is 6.54 Å². The zero-order valence-electron chi connectivity index (χ0n) is 13.4. The van der Waals surface area contributed by atoms with Gasteiger partial charge in [-0.05, 0) is 30.3 Å². The normalized spacial score (nSPS) is 12.4. The second-order valence-corrected chi connectivity index (χ2v) is 7.37. The van der Waals surface area contributed by atoms with Gasteiger partial charge in [-0.2, -0.15) is 0 Å². The standard InChI is InChI=1S/C18H14Cl2N4OS/c19-12-6-5-11(9-13(12)20)22-16(25)10-24-15-4-2-1-3-14(15)23-17(24)18-21-7-8-26-18/h1-9,16,22,25H,10H2. The Morgan fingerprint density at radius 1 is 1.15 bits per heavy atom. The number of nitrogens with zero attached hydrogens (tertiary/aromatic N) is 3. The number of benzene rings is 2. The summed E-state index contributed by atoms with van der Waals surface area (Å²) >= 11 is 13.5. The number of aliphatic hydroxyl groups is 1. The van der Waals surface area contributed by atoms with E-state index >= 15 is 0 Å². The molecule has 4 rings (SSSR count).